The van der Waals surface area contributed by atoms with Crippen molar-refractivity contribution in [2.24, 2.45) is 0 Å². The molecule has 70 valence electrons. The maximum absolute atomic E-state index is 5.60. The van der Waals surface area contributed by atoms with E-state index in [1.807, 2.05) is 6.92 Å². The molecule has 0 aromatic carbocycles. The number of hydrogen-bond donors (Lipinski definition) is 1. The Bertz CT molecular complexity index is 293. The number of nitrogens with two attached hydrogens (primary N) is 1. The van der Waals surface area contributed by atoms with Crippen molar-refractivity contribution in [2.75, 3.05) is 18.9 Å². The molecule has 0 spiro atoms. The molecule has 0 aliphatic carbocycles. The van der Waals surface area contributed by atoms with E-state index in [9.17, 15) is 0 Å². The fraction of sp³-hybridized carbons (Fsp3) is 0.444. The van der Waals surface area contributed by atoms with E-state index in [0.717, 1.165) is 0 Å². The summed E-state index contributed by atoms with van der Waals surface area (Å²) in [7, 11) is 0. The lowest BCUT2D eigenvalue weighted by Crippen LogP contribution is -2.51. The summed E-state index contributed by atoms with van der Waals surface area (Å²) in [5.41, 5.74) is 5.93. The molecular weight excluding hydrogens is 168 g/mol. The lowest BCUT2D eigenvalue weighted by atomic mass is 10.1. The van der Waals surface area contributed by atoms with Gasteiger partial charge in [0.2, 0.25) is 5.88 Å². The van der Waals surface area contributed by atoms with Gasteiger partial charge in [-0.1, -0.05) is 0 Å². The zero-order valence-electron chi connectivity index (χ0n) is 7.49. The predicted octanol–water partition coefficient (Wildman–Crippen LogP) is 0.831. The molecule has 1 saturated heterocycles. The molecule has 0 atom stereocenters. The molecule has 0 amide bonds. The first-order chi connectivity index (χ1) is 6.18. The molecule has 1 aromatic heterocycles. The normalized spacial score (nSPS) is 19.2. The Hall–Kier alpha value is -1.29. The number of hydrogen-bond acceptors (Lipinski definition) is 4. The molecule has 2 rings (SSSR count). The van der Waals surface area contributed by atoms with Crippen molar-refractivity contribution in [3.8, 4) is 5.88 Å². The summed E-state index contributed by atoms with van der Waals surface area (Å²) in [5, 5.41) is 0. The number of nitrogen functional groups attached to an aromatic ring is 1. The summed E-state index contributed by atoms with van der Waals surface area (Å²) in [4.78, 5) is 4.04. The van der Waals surface area contributed by atoms with Crippen molar-refractivity contribution >= 4 is 5.69 Å². The minimum Gasteiger partial charge on any atom is -0.466 e. The summed E-state index contributed by atoms with van der Waals surface area (Å²) >= 11 is 0. The first-order valence-corrected chi connectivity index (χ1v) is 4.16. The highest BCUT2D eigenvalue weighted by molar-refractivity contribution is 5.36. The van der Waals surface area contributed by atoms with Gasteiger partial charge in [0, 0.05) is 6.07 Å². The monoisotopic (exact) mass is 180 g/mol. The van der Waals surface area contributed by atoms with Crippen LogP contribution in [0.2, 0.25) is 0 Å². The van der Waals surface area contributed by atoms with Crippen LogP contribution < -0.4 is 10.5 Å². The Labute approximate surface area is 76.7 Å². The highest BCUT2D eigenvalue weighted by atomic mass is 16.6. The Morgan fingerprint density at radius 3 is 2.77 bits per heavy atom. The van der Waals surface area contributed by atoms with E-state index >= 15 is 0 Å². The van der Waals surface area contributed by atoms with Crippen molar-refractivity contribution < 1.29 is 9.47 Å². The van der Waals surface area contributed by atoms with Crippen LogP contribution in [-0.4, -0.2) is 23.8 Å². The smallest absolute Gasteiger partial charge is 0.214 e. The number of pyridine rings is 1. The first-order valence-electron chi connectivity index (χ1n) is 4.16. The molecule has 1 aromatic rings. The van der Waals surface area contributed by atoms with Gasteiger partial charge in [-0.3, -0.25) is 0 Å². The quantitative estimate of drug-likeness (QED) is 0.732. The van der Waals surface area contributed by atoms with E-state index < -0.39 is 0 Å². The molecule has 1 fully saturated rings. The molecule has 13 heavy (non-hydrogen) atoms. The second-order valence-corrected chi connectivity index (χ2v) is 3.47. The molecule has 2 heterocycles. The van der Waals surface area contributed by atoms with E-state index in [1.54, 1.807) is 18.3 Å². The summed E-state index contributed by atoms with van der Waals surface area (Å²) in [6, 6.07) is 3.53. The van der Waals surface area contributed by atoms with E-state index in [-0.39, 0.29) is 5.60 Å². The average molecular weight is 180 g/mol. The fourth-order valence-corrected chi connectivity index (χ4v) is 1.15. The number of nitrogens with zero attached hydrogens (tertiary/aromatic N) is 1. The van der Waals surface area contributed by atoms with Crippen LogP contribution in [0.3, 0.4) is 0 Å². The first kappa shape index (κ1) is 8.31. The Morgan fingerprint density at radius 1 is 1.54 bits per heavy atom. The second kappa shape index (κ2) is 2.88. The fourth-order valence-electron chi connectivity index (χ4n) is 1.15. The van der Waals surface area contributed by atoms with Gasteiger partial charge in [0.15, 0.2) is 5.60 Å². The number of aromatic nitrogens is 1. The molecule has 1 aliphatic rings. The third-order valence-corrected chi connectivity index (χ3v) is 1.92. The van der Waals surface area contributed by atoms with Crippen LogP contribution in [0.25, 0.3) is 0 Å². The largest absolute Gasteiger partial charge is 0.466 e. The minimum atomic E-state index is -0.205. The van der Waals surface area contributed by atoms with Crippen LogP contribution in [0.15, 0.2) is 18.3 Å². The minimum absolute atomic E-state index is 0.205. The van der Waals surface area contributed by atoms with Gasteiger partial charge in [0.1, 0.15) is 0 Å². The van der Waals surface area contributed by atoms with Gasteiger partial charge >= 0.3 is 0 Å². The van der Waals surface area contributed by atoms with Gasteiger partial charge < -0.3 is 15.2 Å². The molecule has 0 saturated carbocycles. The number of ether oxygens (including phenoxy) is 2. The van der Waals surface area contributed by atoms with Gasteiger partial charge in [-0.25, -0.2) is 4.98 Å². The second-order valence-electron chi connectivity index (χ2n) is 3.47. The van der Waals surface area contributed by atoms with Crippen LogP contribution in [-0.2, 0) is 4.74 Å². The SMILES string of the molecule is CC1(Oc2ccc(N)cn2)COC1. The molecule has 0 radical (unpaired) electrons. The number of rotatable bonds is 2. The lowest BCUT2D eigenvalue weighted by Gasteiger charge is -2.37. The van der Waals surface area contributed by atoms with Gasteiger partial charge in [0.05, 0.1) is 25.1 Å². The Morgan fingerprint density at radius 2 is 2.31 bits per heavy atom. The maximum Gasteiger partial charge on any atom is 0.214 e. The van der Waals surface area contributed by atoms with Crippen molar-refractivity contribution in [3.05, 3.63) is 18.3 Å². The molecule has 1 aliphatic heterocycles. The zero-order valence-corrected chi connectivity index (χ0v) is 7.49. The zero-order chi connectivity index (χ0) is 9.31. The average Bonchev–Trinajstić information content (AvgIpc) is 2.06. The van der Waals surface area contributed by atoms with Crippen LogP contribution in [0.5, 0.6) is 5.88 Å². The lowest BCUT2D eigenvalue weighted by molar-refractivity contribution is -0.151. The van der Waals surface area contributed by atoms with Crippen molar-refractivity contribution in [3.63, 3.8) is 0 Å². The third kappa shape index (κ3) is 1.72. The molecule has 0 bridgehead atoms. The van der Waals surface area contributed by atoms with Gasteiger partial charge in [-0.15, -0.1) is 0 Å². The molecular formula is C9H12N2O2. The van der Waals surface area contributed by atoms with E-state index in [1.165, 1.54) is 0 Å². The van der Waals surface area contributed by atoms with E-state index in [4.69, 9.17) is 15.2 Å². The highest BCUT2D eigenvalue weighted by Gasteiger charge is 2.36. The van der Waals surface area contributed by atoms with Crippen LogP contribution in [0.4, 0.5) is 5.69 Å². The van der Waals surface area contributed by atoms with Crippen LogP contribution >= 0.6 is 0 Å². The third-order valence-electron chi connectivity index (χ3n) is 1.92. The van der Waals surface area contributed by atoms with E-state index in [0.29, 0.717) is 24.8 Å². The van der Waals surface area contributed by atoms with Crippen molar-refractivity contribution in [1.82, 2.24) is 4.98 Å². The molecule has 4 nitrogen and oxygen atoms in total. The van der Waals surface area contributed by atoms with Crippen LogP contribution in [0.1, 0.15) is 6.92 Å². The topological polar surface area (TPSA) is 57.4 Å². The molecule has 4 heteroatoms. The molecule has 2 N–H and O–H groups in total. The van der Waals surface area contributed by atoms with Crippen molar-refractivity contribution in [2.45, 2.75) is 12.5 Å². The van der Waals surface area contributed by atoms with Crippen molar-refractivity contribution in [1.29, 1.82) is 0 Å². The standard InChI is InChI=1S/C9H12N2O2/c1-9(5-12-6-9)13-8-3-2-7(10)4-11-8/h2-4H,5-6,10H2,1H3. The van der Waals surface area contributed by atoms with Crippen LogP contribution in [0, 0.1) is 0 Å². The highest BCUT2D eigenvalue weighted by Crippen LogP contribution is 2.23. The van der Waals surface area contributed by atoms with Gasteiger partial charge in [-0.2, -0.15) is 0 Å². The van der Waals surface area contributed by atoms with Gasteiger partial charge in [-0.05, 0) is 13.0 Å². The predicted molar refractivity (Wildman–Crippen MR) is 48.5 cm³/mol. The summed E-state index contributed by atoms with van der Waals surface area (Å²) < 4.78 is 10.7. The van der Waals surface area contributed by atoms with E-state index in [2.05, 4.69) is 4.98 Å². The Kier molecular flexibility index (Phi) is 1.84. The number of anilines is 1. The summed E-state index contributed by atoms with van der Waals surface area (Å²) in [5.74, 6) is 0.597. The summed E-state index contributed by atoms with van der Waals surface area (Å²) in [6.07, 6.45) is 1.58. The van der Waals surface area contributed by atoms with Gasteiger partial charge in [0.25, 0.3) is 0 Å². The maximum atomic E-state index is 5.60. The Balaban J connectivity index is 2.05. The summed E-state index contributed by atoms with van der Waals surface area (Å²) in [6.45, 7) is 3.24. The molecule has 0 unspecified atom stereocenters.